The van der Waals surface area contributed by atoms with Crippen molar-refractivity contribution in [3.8, 4) is 5.75 Å². The third-order valence-electron chi connectivity index (χ3n) is 5.92. The molecule has 2 aromatic carbocycles. The standard InChI is InChI=1S/C27H33NO5/c1-7-33-21-13-10-19(16-17(21)2)24(29)22-23(28(14-15-32-6)26(31)25(22)30)18-8-11-20(12-9-18)27(3,4)5/h8-13,16,23,29H,7,14-15H2,1-6H3/b24-22-. The Morgan fingerprint density at radius 3 is 2.30 bits per heavy atom. The van der Waals surface area contributed by atoms with E-state index in [9.17, 15) is 14.7 Å². The summed E-state index contributed by atoms with van der Waals surface area (Å²) in [5.74, 6) is -0.811. The van der Waals surface area contributed by atoms with Gasteiger partial charge in [-0.1, -0.05) is 45.0 Å². The van der Waals surface area contributed by atoms with Gasteiger partial charge in [0.05, 0.1) is 24.8 Å². The Morgan fingerprint density at radius 2 is 1.76 bits per heavy atom. The van der Waals surface area contributed by atoms with E-state index in [1.54, 1.807) is 25.3 Å². The Hall–Kier alpha value is -3.12. The van der Waals surface area contributed by atoms with Crippen LogP contribution in [-0.4, -0.2) is 48.6 Å². The van der Waals surface area contributed by atoms with Crippen molar-refractivity contribution < 1.29 is 24.2 Å². The first-order chi connectivity index (χ1) is 15.6. The van der Waals surface area contributed by atoms with Crippen LogP contribution < -0.4 is 4.74 Å². The molecule has 1 saturated heterocycles. The van der Waals surface area contributed by atoms with Gasteiger partial charge in [-0.05, 0) is 54.2 Å². The van der Waals surface area contributed by atoms with Crippen molar-refractivity contribution in [3.63, 3.8) is 0 Å². The summed E-state index contributed by atoms with van der Waals surface area (Å²) in [5, 5.41) is 11.2. The van der Waals surface area contributed by atoms with Crippen LogP contribution in [-0.2, 0) is 19.7 Å². The van der Waals surface area contributed by atoms with Gasteiger partial charge in [-0.15, -0.1) is 0 Å². The van der Waals surface area contributed by atoms with Gasteiger partial charge in [0.1, 0.15) is 11.5 Å². The normalized spacial score (nSPS) is 18.1. The number of aliphatic hydroxyl groups is 1. The molecule has 0 saturated carbocycles. The van der Waals surface area contributed by atoms with Crippen LogP contribution in [0.1, 0.15) is 56.0 Å². The van der Waals surface area contributed by atoms with Crippen LogP contribution >= 0.6 is 0 Å². The Bertz CT molecular complexity index is 1060. The van der Waals surface area contributed by atoms with E-state index in [0.717, 1.165) is 16.7 Å². The number of benzene rings is 2. The first-order valence-electron chi connectivity index (χ1n) is 11.2. The van der Waals surface area contributed by atoms with Gasteiger partial charge in [-0.2, -0.15) is 0 Å². The molecule has 1 unspecified atom stereocenters. The average Bonchev–Trinajstić information content (AvgIpc) is 3.03. The van der Waals surface area contributed by atoms with Crippen molar-refractivity contribution in [2.24, 2.45) is 0 Å². The van der Waals surface area contributed by atoms with E-state index in [1.807, 2.05) is 38.1 Å². The van der Waals surface area contributed by atoms with E-state index in [1.165, 1.54) is 4.90 Å². The van der Waals surface area contributed by atoms with Gasteiger partial charge >= 0.3 is 0 Å². The summed E-state index contributed by atoms with van der Waals surface area (Å²) in [6.45, 7) is 11.2. The number of ether oxygens (including phenoxy) is 2. The minimum atomic E-state index is -0.694. The van der Waals surface area contributed by atoms with E-state index in [2.05, 4.69) is 20.8 Å². The predicted octanol–water partition coefficient (Wildman–Crippen LogP) is 4.76. The molecule has 0 aromatic heterocycles. The lowest BCUT2D eigenvalue weighted by molar-refractivity contribution is -0.140. The molecule has 1 aliphatic heterocycles. The summed E-state index contributed by atoms with van der Waals surface area (Å²) < 4.78 is 10.8. The molecular formula is C27H33NO5. The highest BCUT2D eigenvalue weighted by atomic mass is 16.5. The van der Waals surface area contributed by atoms with Gasteiger partial charge in [0.15, 0.2) is 0 Å². The molecule has 1 atom stereocenters. The summed E-state index contributed by atoms with van der Waals surface area (Å²) >= 11 is 0. The fourth-order valence-corrected chi connectivity index (χ4v) is 4.08. The second-order valence-corrected chi connectivity index (χ2v) is 9.27. The minimum absolute atomic E-state index is 0.0315. The molecule has 33 heavy (non-hydrogen) atoms. The van der Waals surface area contributed by atoms with E-state index in [-0.39, 0.29) is 29.9 Å². The highest BCUT2D eigenvalue weighted by Crippen LogP contribution is 2.40. The lowest BCUT2D eigenvalue weighted by Crippen LogP contribution is -2.32. The number of hydrogen-bond acceptors (Lipinski definition) is 5. The number of aryl methyl sites for hydroxylation is 1. The van der Waals surface area contributed by atoms with Crippen molar-refractivity contribution in [2.75, 3.05) is 26.9 Å². The van der Waals surface area contributed by atoms with Crippen molar-refractivity contribution >= 4 is 17.4 Å². The molecule has 0 bridgehead atoms. The van der Waals surface area contributed by atoms with E-state index in [4.69, 9.17) is 9.47 Å². The summed E-state index contributed by atoms with van der Waals surface area (Å²) in [7, 11) is 1.55. The van der Waals surface area contributed by atoms with Gasteiger partial charge in [-0.25, -0.2) is 0 Å². The Morgan fingerprint density at radius 1 is 1.09 bits per heavy atom. The van der Waals surface area contributed by atoms with E-state index >= 15 is 0 Å². The molecule has 0 spiro atoms. The van der Waals surface area contributed by atoms with Gasteiger partial charge < -0.3 is 19.5 Å². The summed E-state index contributed by atoms with van der Waals surface area (Å²) in [6, 6.07) is 12.4. The average molecular weight is 452 g/mol. The molecule has 0 radical (unpaired) electrons. The van der Waals surface area contributed by atoms with Gasteiger partial charge in [0.25, 0.3) is 11.7 Å². The molecule has 176 valence electrons. The predicted molar refractivity (Wildman–Crippen MR) is 128 cm³/mol. The topological polar surface area (TPSA) is 76.1 Å². The minimum Gasteiger partial charge on any atom is -0.507 e. The largest absolute Gasteiger partial charge is 0.507 e. The second-order valence-electron chi connectivity index (χ2n) is 9.27. The first-order valence-corrected chi connectivity index (χ1v) is 11.2. The molecule has 1 amide bonds. The number of carbonyl (C=O) groups excluding carboxylic acids is 2. The SMILES string of the molecule is CCOc1ccc(/C(O)=C2/C(=O)C(=O)N(CCOC)C2c2ccc(C(C)(C)C)cc2)cc1C. The lowest BCUT2D eigenvalue weighted by atomic mass is 9.85. The number of methoxy groups -OCH3 is 1. The number of aliphatic hydroxyl groups excluding tert-OH is 1. The number of likely N-dealkylation sites (tertiary alicyclic amines) is 1. The molecular weight excluding hydrogens is 418 g/mol. The maximum absolute atomic E-state index is 13.1. The quantitative estimate of drug-likeness (QED) is 0.373. The molecule has 1 heterocycles. The summed E-state index contributed by atoms with van der Waals surface area (Å²) in [6.07, 6.45) is 0. The van der Waals surface area contributed by atoms with Crippen LogP contribution in [0.4, 0.5) is 0 Å². The second kappa shape index (κ2) is 9.79. The molecule has 2 aromatic rings. The van der Waals surface area contributed by atoms with Crippen LogP contribution in [0.15, 0.2) is 48.0 Å². The van der Waals surface area contributed by atoms with Crippen LogP contribution in [0.25, 0.3) is 5.76 Å². The van der Waals surface area contributed by atoms with E-state index in [0.29, 0.717) is 17.9 Å². The van der Waals surface area contributed by atoms with Crippen molar-refractivity contribution in [2.45, 2.75) is 46.1 Å². The Kier molecular flexibility index (Phi) is 7.28. The van der Waals surface area contributed by atoms with Crippen LogP contribution in [0.5, 0.6) is 5.75 Å². The van der Waals surface area contributed by atoms with Crippen LogP contribution in [0.3, 0.4) is 0 Å². The Labute approximate surface area is 195 Å². The van der Waals surface area contributed by atoms with Gasteiger partial charge in [0.2, 0.25) is 0 Å². The van der Waals surface area contributed by atoms with Gasteiger partial charge in [-0.3, -0.25) is 9.59 Å². The summed E-state index contributed by atoms with van der Waals surface area (Å²) in [4.78, 5) is 27.5. The zero-order chi connectivity index (χ0) is 24.3. The third-order valence-corrected chi connectivity index (χ3v) is 5.92. The van der Waals surface area contributed by atoms with Crippen molar-refractivity contribution in [3.05, 3.63) is 70.3 Å². The Balaban J connectivity index is 2.13. The fraction of sp³-hybridized carbons (Fsp3) is 0.407. The molecule has 1 N–H and O–H groups in total. The van der Waals surface area contributed by atoms with Crippen molar-refractivity contribution in [1.29, 1.82) is 0 Å². The zero-order valence-electron chi connectivity index (χ0n) is 20.3. The maximum atomic E-state index is 13.1. The number of Topliss-reactive ketones (excluding diaryl/α,β-unsaturated/α-hetero) is 1. The number of ketones is 1. The maximum Gasteiger partial charge on any atom is 0.295 e. The summed E-state index contributed by atoms with van der Waals surface area (Å²) in [5.41, 5.74) is 3.27. The zero-order valence-corrected chi connectivity index (χ0v) is 20.3. The lowest BCUT2D eigenvalue weighted by Gasteiger charge is -2.26. The molecule has 1 fully saturated rings. The monoisotopic (exact) mass is 451 g/mol. The molecule has 3 rings (SSSR count). The van der Waals surface area contributed by atoms with Crippen LogP contribution in [0.2, 0.25) is 0 Å². The highest BCUT2D eigenvalue weighted by molar-refractivity contribution is 6.46. The fourth-order valence-electron chi connectivity index (χ4n) is 4.08. The smallest absolute Gasteiger partial charge is 0.295 e. The number of rotatable bonds is 7. The van der Waals surface area contributed by atoms with Gasteiger partial charge in [0, 0.05) is 19.2 Å². The highest BCUT2D eigenvalue weighted by Gasteiger charge is 2.45. The van der Waals surface area contributed by atoms with E-state index < -0.39 is 17.7 Å². The molecule has 6 nitrogen and oxygen atoms in total. The molecule has 0 aliphatic carbocycles. The number of carbonyl (C=O) groups is 2. The molecule has 1 aliphatic rings. The van der Waals surface area contributed by atoms with Crippen molar-refractivity contribution in [1.82, 2.24) is 4.90 Å². The third kappa shape index (κ3) is 4.96. The number of nitrogens with zero attached hydrogens (tertiary/aromatic N) is 1. The molecule has 6 heteroatoms. The first kappa shape index (κ1) is 24.5. The van der Waals surface area contributed by atoms with Crippen LogP contribution in [0, 0.1) is 6.92 Å². The number of amides is 1. The number of hydrogen-bond donors (Lipinski definition) is 1.